The third-order valence-electron chi connectivity index (χ3n) is 6.33. The molecule has 6 heteroatoms. The van der Waals surface area contributed by atoms with Crippen molar-refractivity contribution < 1.29 is 9.53 Å². The molecule has 1 aliphatic carbocycles. The highest BCUT2D eigenvalue weighted by molar-refractivity contribution is 8.00. The van der Waals surface area contributed by atoms with E-state index in [2.05, 4.69) is 31.6 Å². The molecule has 2 fully saturated rings. The fourth-order valence-corrected chi connectivity index (χ4v) is 6.00. The first-order valence-corrected chi connectivity index (χ1v) is 13.5. The Bertz CT molecular complexity index is 1060. The standard InChI is InChI=1S/C28H31Cl2NO2S/c1-5-7-24-27(32)31(23(18-10-11-18)17-34-28(2,3)4)25(19-12-14-21(29)15-13-19)26(33-24)20-8-6-9-22(30)16-20/h1,6,8-9,12-16,18,23-26H,7,10-11,17H2,2-4H3/t23-,24-,25-,26-/m1/s1. The van der Waals surface area contributed by atoms with E-state index in [-0.39, 0.29) is 29.2 Å². The van der Waals surface area contributed by atoms with Crippen LogP contribution in [0, 0.1) is 18.3 Å². The second-order valence-corrected chi connectivity index (χ2v) is 12.8. The van der Waals surface area contributed by atoms with Gasteiger partial charge in [0.25, 0.3) is 5.91 Å². The molecular formula is C28H31Cl2NO2S. The topological polar surface area (TPSA) is 29.5 Å². The van der Waals surface area contributed by atoms with E-state index in [0.717, 1.165) is 29.7 Å². The fourth-order valence-electron chi connectivity index (χ4n) is 4.57. The lowest BCUT2D eigenvalue weighted by atomic mass is 9.89. The zero-order valence-electron chi connectivity index (χ0n) is 19.8. The van der Waals surface area contributed by atoms with Crippen molar-refractivity contribution in [2.45, 2.75) is 69.1 Å². The van der Waals surface area contributed by atoms with Gasteiger partial charge in [-0.25, -0.2) is 0 Å². The molecule has 0 spiro atoms. The lowest BCUT2D eigenvalue weighted by Crippen LogP contribution is -2.56. The Kier molecular flexibility index (Phi) is 7.89. The molecule has 0 aromatic heterocycles. The molecule has 1 saturated carbocycles. The molecule has 1 aliphatic heterocycles. The number of rotatable bonds is 7. The van der Waals surface area contributed by atoms with Gasteiger partial charge in [0.2, 0.25) is 0 Å². The Hall–Kier alpha value is -1.64. The third-order valence-corrected chi connectivity index (χ3v) is 8.19. The van der Waals surface area contributed by atoms with Crippen molar-refractivity contribution >= 4 is 40.9 Å². The minimum atomic E-state index is -0.682. The molecule has 2 aromatic rings. The highest BCUT2D eigenvalue weighted by atomic mass is 35.5. The molecule has 34 heavy (non-hydrogen) atoms. The molecule has 0 bridgehead atoms. The van der Waals surface area contributed by atoms with Gasteiger partial charge in [0, 0.05) is 33.0 Å². The summed E-state index contributed by atoms with van der Waals surface area (Å²) in [6, 6.07) is 15.2. The van der Waals surface area contributed by atoms with Crippen molar-refractivity contribution in [1.82, 2.24) is 4.90 Å². The average molecular weight is 517 g/mol. The molecule has 0 N–H and O–H groups in total. The molecule has 180 valence electrons. The van der Waals surface area contributed by atoms with Crippen LogP contribution in [0.15, 0.2) is 48.5 Å². The van der Waals surface area contributed by atoms with E-state index in [0.29, 0.717) is 16.0 Å². The van der Waals surface area contributed by atoms with E-state index >= 15 is 0 Å². The van der Waals surface area contributed by atoms with Crippen molar-refractivity contribution in [3.05, 3.63) is 69.7 Å². The number of morpholine rings is 1. The summed E-state index contributed by atoms with van der Waals surface area (Å²) in [6.07, 6.45) is 7.09. The van der Waals surface area contributed by atoms with Crippen LogP contribution in [-0.2, 0) is 9.53 Å². The first-order chi connectivity index (χ1) is 16.2. The molecule has 2 aromatic carbocycles. The Balaban J connectivity index is 1.83. The van der Waals surface area contributed by atoms with Crippen LogP contribution in [0.2, 0.25) is 10.0 Å². The fraction of sp³-hybridized carbons (Fsp3) is 0.464. The summed E-state index contributed by atoms with van der Waals surface area (Å²) >= 11 is 14.5. The quantitative estimate of drug-likeness (QED) is 0.361. The number of thioether (sulfide) groups is 1. The van der Waals surface area contributed by atoms with Crippen molar-refractivity contribution in [2.24, 2.45) is 5.92 Å². The molecule has 3 nitrogen and oxygen atoms in total. The molecule has 4 rings (SSSR count). The summed E-state index contributed by atoms with van der Waals surface area (Å²) in [6.45, 7) is 6.65. The lowest BCUT2D eigenvalue weighted by molar-refractivity contribution is -0.178. The van der Waals surface area contributed by atoms with Gasteiger partial charge in [-0.05, 0) is 54.2 Å². The van der Waals surface area contributed by atoms with Crippen molar-refractivity contribution in [3.8, 4) is 12.3 Å². The van der Waals surface area contributed by atoms with Gasteiger partial charge in [-0.15, -0.1) is 12.3 Å². The van der Waals surface area contributed by atoms with Crippen LogP contribution in [0.1, 0.15) is 63.3 Å². The van der Waals surface area contributed by atoms with Crippen LogP contribution in [0.25, 0.3) is 0 Å². The van der Waals surface area contributed by atoms with E-state index in [1.165, 1.54) is 0 Å². The van der Waals surface area contributed by atoms with Crippen LogP contribution < -0.4 is 0 Å². The SMILES string of the molecule is C#CC[C@H]1O[C@H](c2cccc(Cl)c2)[C@@H](c2ccc(Cl)cc2)N([C@H](CSC(C)(C)C)C2CC2)C1=O. The summed E-state index contributed by atoms with van der Waals surface area (Å²) in [5.41, 5.74) is 1.93. The zero-order valence-corrected chi connectivity index (χ0v) is 22.2. The maximum Gasteiger partial charge on any atom is 0.253 e. The smallest absolute Gasteiger partial charge is 0.253 e. The van der Waals surface area contributed by atoms with E-state index in [1.807, 2.05) is 60.3 Å². The van der Waals surface area contributed by atoms with E-state index < -0.39 is 12.2 Å². The van der Waals surface area contributed by atoms with E-state index in [9.17, 15) is 4.79 Å². The lowest BCUT2D eigenvalue weighted by Gasteiger charge is -2.48. The average Bonchev–Trinajstić information content (AvgIpc) is 3.61. The summed E-state index contributed by atoms with van der Waals surface area (Å²) in [5, 5.41) is 1.29. The second-order valence-electron chi connectivity index (χ2n) is 10.1. The predicted molar refractivity (Wildman–Crippen MR) is 142 cm³/mol. The van der Waals surface area contributed by atoms with Crippen LogP contribution in [-0.4, -0.2) is 33.5 Å². The van der Waals surface area contributed by atoms with Crippen molar-refractivity contribution in [1.29, 1.82) is 0 Å². The van der Waals surface area contributed by atoms with Crippen LogP contribution >= 0.6 is 35.0 Å². The summed E-state index contributed by atoms with van der Waals surface area (Å²) in [4.78, 5) is 16.0. The van der Waals surface area contributed by atoms with Gasteiger partial charge in [0.15, 0.2) is 0 Å². The molecule has 0 radical (unpaired) electrons. The molecule has 0 unspecified atom stereocenters. The van der Waals surface area contributed by atoms with Gasteiger partial charge in [-0.3, -0.25) is 4.79 Å². The Morgan fingerprint density at radius 3 is 2.41 bits per heavy atom. The van der Waals surface area contributed by atoms with Gasteiger partial charge >= 0.3 is 0 Å². The molecule has 1 heterocycles. The Morgan fingerprint density at radius 1 is 1.12 bits per heavy atom. The summed E-state index contributed by atoms with van der Waals surface area (Å²) in [5.74, 6) is 3.98. The molecule has 1 saturated heterocycles. The maximum atomic E-state index is 14.0. The van der Waals surface area contributed by atoms with Crippen molar-refractivity contribution in [3.63, 3.8) is 0 Å². The van der Waals surface area contributed by atoms with Crippen LogP contribution in [0.4, 0.5) is 0 Å². The van der Waals surface area contributed by atoms with Gasteiger partial charge in [-0.2, -0.15) is 11.8 Å². The number of halogens is 2. The monoisotopic (exact) mass is 515 g/mol. The number of benzene rings is 2. The third kappa shape index (κ3) is 5.94. The Morgan fingerprint density at radius 2 is 1.82 bits per heavy atom. The van der Waals surface area contributed by atoms with E-state index in [4.69, 9.17) is 34.4 Å². The number of carbonyl (C=O) groups is 1. The second kappa shape index (κ2) is 10.5. The molecular weight excluding hydrogens is 485 g/mol. The minimum absolute atomic E-state index is 0.0254. The highest BCUT2D eigenvalue weighted by Gasteiger charge is 2.50. The number of ether oxygens (including phenoxy) is 1. The number of carbonyl (C=O) groups excluding carboxylic acids is 1. The van der Waals surface area contributed by atoms with Crippen LogP contribution in [0.5, 0.6) is 0 Å². The molecule has 1 amide bonds. The van der Waals surface area contributed by atoms with Gasteiger partial charge in [0.05, 0.1) is 6.04 Å². The first kappa shape index (κ1) is 25.5. The summed E-state index contributed by atoms with van der Waals surface area (Å²) in [7, 11) is 0. The summed E-state index contributed by atoms with van der Waals surface area (Å²) < 4.78 is 6.57. The minimum Gasteiger partial charge on any atom is -0.357 e. The predicted octanol–water partition coefficient (Wildman–Crippen LogP) is 7.34. The molecule has 4 atom stereocenters. The number of nitrogens with zero attached hydrogens (tertiary/aromatic N) is 1. The first-order valence-electron chi connectivity index (χ1n) is 11.7. The van der Waals surface area contributed by atoms with Crippen molar-refractivity contribution in [2.75, 3.05) is 5.75 Å². The number of hydrogen-bond donors (Lipinski definition) is 0. The van der Waals surface area contributed by atoms with Gasteiger partial charge in [-0.1, -0.05) is 68.2 Å². The number of terminal acetylenes is 1. The zero-order chi connectivity index (χ0) is 24.5. The van der Waals surface area contributed by atoms with E-state index in [1.54, 1.807) is 0 Å². The van der Waals surface area contributed by atoms with Gasteiger partial charge < -0.3 is 9.64 Å². The maximum absolute atomic E-state index is 14.0. The van der Waals surface area contributed by atoms with Crippen LogP contribution in [0.3, 0.4) is 0 Å². The largest absolute Gasteiger partial charge is 0.357 e. The Labute approximate surface area is 217 Å². The van der Waals surface area contributed by atoms with Gasteiger partial charge in [0.1, 0.15) is 12.2 Å². The normalized spacial score (nSPS) is 24.1. The molecule has 2 aliphatic rings. The number of amides is 1. The highest BCUT2D eigenvalue weighted by Crippen LogP contribution is 2.49. The number of hydrogen-bond acceptors (Lipinski definition) is 3.